The van der Waals surface area contributed by atoms with Crippen molar-refractivity contribution in [1.82, 2.24) is 0 Å². The lowest BCUT2D eigenvalue weighted by atomic mass is 10.6. The fourth-order valence-corrected chi connectivity index (χ4v) is 4.31. The van der Waals surface area contributed by atoms with Gasteiger partial charge in [0.15, 0.2) is 4.20 Å². The van der Waals surface area contributed by atoms with Gasteiger partial charge in [0.2, 0.25) is 0 Å². The Morgan fingerprint density at radius 3 is 2.67 bits per heavy atom. The quantitative estimate of drug-likeness (QED) is 0.588. The predicted molar refractivity (Wildman–Crippen MR) is 76.5 cm³/mol. The summed E-state index contributed by atoms with van der Waals surface area (Å²) in [7, 11) is 0. The zero-order chi connectivity index (χ0) is 11.1. The van der Waals surface area contributed by atoms with Crippen LogP contribution in [0.25, 0.3) is 0 Å². The van der Waals surface area contributed by atoms with Crippen molar-refractivity contribution < 1.29 is 0 Å². The van der Waals surface area contributed by atoms with Gasteiger partial charge in [0, 0.05) is 5.75 Å². The second-order valence-electron chi connectivity index (χ2n) is 2.43. The molecule has 3 nitrogen and oxygen atoms in total. The zero-order valence-corrected chi connectivity index (χ0v) is 11.5. The molecule has 0 amide bonds. The molecule has 1 aliphatic heterocycles. The first-order valence-electron chi connectivity index (χ1n) is 3.78. The van der Waals surface area contributed by atoms with Crippen LogP contribution in [0.3, 0.4) is 0 Å². The molecular formula is C7H5N3S5. The van der Waals surface area contributed by atoms with Gasteiger partial charge in [-0.2, -0.15) is 0 Å². The number of thioether (sulfide) groups is 2. The van der Waals surface area contributed by atoms with E-state index in [4.69, 9.17) is 0 Å². The molecule has 1 rings (SSSR count). The van der Waals surface area contributed by atoms with E-state index >= 15 is 0 Å². The van der Waals surface area contributed by atoms with Gasteiger partial charge in [-0.1, -0.05) is 11.8 Å². The molecule has 0 radical (unpaired) electrons. The second-order valence-corrected chi connectivity index (χ2v) is 5.99. The van der Waals surface area contributed by atoms with Crippen molar-refractivity contribution in [2.75, 3.05) is 12.3 Å². The molecule has 0 aliphatic carbocycles. The van der Waals surface area contributed by atoms with Crippen LogP contribution in [0.4, 0.5) is 0 Å². The van der Waals surface area contributed by atoms with E-state index in [0.717, 1.165) is 5.75 Å². The van der Waals surface area contributed by atoms with Crippen LogP contribution in [0.2, 0.25) is 0 Å². The van der Waals surface area contributed by atoms with Gasteiger partial charge in [0.05, 0.1) is 22.0 Å². The van der Waals surface area contributed by atoms with Crippen LogP contribution in [-0.2, 0) is 0 Å². The number of hydrogen-bond donors (Lipinski definition) is 0. The minimum atomic E-state index is -0.464. The number of hydrogen-bond acceptors (Lipinski definition) is 8. The third kappa shape index (κ3) is 3.87. The van der Waals surface area contributed by atoms with E-state index < -0.39 is 4.20 Å². The highest BCUT2D eigenvalue weighted by Gasteiger charge is 2.40. The maximum atomic E-state index is 4.62. The lowest BCUT2D eigenvalue weighted by Crippen LogP contribution is -2.18. The predicted octanol–water partition coefficient (Wildman–Crippen LogP) is 2.75. The van der Waals surface area contributed by atoms with Crippen LogP contribution >= 0.6 is 60.2 Å². The van der Waals surface area contributed by atoms with E-state index in [1.54, 1.807) is 11.8 Å². The van der Waals surface area contributed by atoms with E-state index in [2.05, 4.69) is 67.1 Å². The second kappa shape index (κ2) is 6.63. The fourth-order valence-electron chi connectivity index (χ4n) is 0.983. The van der Waals surface area contributed by atoms with Gasteiger partial charge in [-0.3, -0.25) is 0 Å². The van der Waals surface area contributed by atoms with Crippen molar-refractivity contribution in [3.8, 4) is 0 Å². The normalized spacial score (nSPS) is 28.4. The first kappa shape index (κ1) is 13.2. The Labute approximate surface area is 112 Å². The molecule has 0 N–H and O–H groups in total. The lowest BCUT2D eigenvalue weighted by molar-refractivity contribution is 0.872. The van der Waals surface area contributed by atoms with Crippen molar-refractivity contribution in [2.24, 2.45) is 15.0 Å². The van der Waals surface area contributed by atoms with Crippen molar-refractivity contribution in [2.45, 2.75) is 9.58 Å². The number of thiocarbonyl (C=S) groups is 3. The van der Waals surface area contributed by atoms with Crippen LogP contribution in [-0.4, -0.2) is 37.4 Å². The summed E-state index contributed by atoms with van der Waals surface area (Å²) in [5.41, 5.74) is 0. The molecule has 0 aromatic rings. The summed E-state index contributed by atoms with van der Waals surface area (Å²) in [5, 5.41) is 7.12. The molecule has 8 heteroatoms. The number of isothiocyanates is 3. The van der Waals surface area contributed by atoms with Crippen LogP contribution in [0.5, 0.6) is 0 Å². The molecule has 0 saturated carbocycles. The van der Waals surface area contributed by atoms with Gasteiger partial charge in [-0.15, -0.1) is 11.8 Å². The molecule has 1 aliphatic rings. The number of aliphatic imine (C=N–C) groups is 3. The SMILES string of the molecule is S=C=NCC1(N=C=S)SCC(N=C=S)S1. The van der Waals surface area contributed by atoms with Gasteiger partial charge in [-0.05, 0) is 36.7 Å². The van der Waals surface area contributed by atoms with E-state index in [0.29, 0.717) is 6.54 Å². The molecule has 1 fully saturated rings. The van der Waals surface area contributed by atoms with Gasteiger partial charge < -0.3 is 0 Å². The molecular weight excluding hydrogens is 286 g/mol. The monoisotopic (exact) mass is 291 g/mol. The summed E-state index contributed by atoms with van der Waals surface area (Å²) in [6.07, 6.45) is 0. The van der Waals surface area contributed by atoms with Crippen LogP contribution in [0.1, 0.15) is 0 Å². The minimum absolute atomic E-state index is 0.0555. The maximum Gasteiger partial charge on any atom is 0.184 e. The Balaban J connectivity index is 2.81. The zero-order valence-electron chi connectivity index (χ0n) is 7.37. The van der Waals surface area contributed by atoms with Gasteiger partial charge in [0.1, 0.15) is 5.37 Å². The molecule has 1 saturated heterocycles. The fraction of sp³-hybridized carbons (Fsp3) is 0.571. The molecule has 78 valence electrons. The topological polar surface area (TPSA) is 37.1 Å². The third-order valence-corrected chi connectivity index (χ3v) is 4.99. The van der Waals surface area contributed by atoms with Crippen LogP contribution in [0.15, 0.2) is 15.0 Å². The van der Waals surface area contributed by atoms with Crippen molar-refractivity contribution in [3.63, 3.8) is 0 Å². The van der Waals surface area contributed by atoms with Crippen molar-refractivity contribution in [3.05, 3.63) is 0 Å². The standard InChI is InChI=1S/C7H5N3S5/c11-3-8-2-7(10-5-13)14-1-6(15-7)9-4-12/h6H,1-2H2. The van der Waals surface area contributed by atoms with Crippen molar-refractivity contribution >= 4 is 75.7 Å². The Hall–Kier alpha value is 0.1000. The Bertz CT molecular complexity index is 378. The minimum Gasteiger partial charge on any atom is -0.228 e. The summed E-state index contributed by atoms with van der Waals surface area (Å²) in [5.74, 6) is 0.807. The number of rotatable bonds is 4. The molecule has 0 aromatic heterocycles. The van der Waals surface area contributed by atoms with E-state index in [1.165, 1.54) is 11.8 Å². The summed E-state index contributed by atoms with van der Waals surface area (Å²) in [4.78, 5) is 12.0. The summed E-state index contributed by atoms with van der Waals surface area (Å²) in [6, 6.07) is 0. The highest BCUT2D eigenvalue weighted by atomic mass is 32.2. The molecule has 2 atom stereocenters. The summed E-state index contributed by atoms with van der Waals surface area (Å²) < 4.78 is -0.464. The van der Waals surface area contributed by atoms with Gasteiger partial charge in [0.25, 0.3) is 0 Å². The Morgan fingerprint density at radius 2 is 2.07 bits per heavy atom. The van der Waals surface area contributed by atoms with Gasteiger partial charge in [-0.25, -0.2) is 15.0 Å². The molecule has 1 heterocycles. The maximum absolute atomic E-state index is 4.62. The van der Waals surface area contributed by atoms with Crippen LogP contribution in [0, 0.1) is 0 Å². The highest BCUT2D eigenvalue weighted by Crippen LogP contribution is 2.49. The molecule has 2 unspecified atom stereocenters. The molecule has 0 aromatic carbocycles. The average Bonchev–Trinajstić information content (AvgIpc) is 2.61. The largest absolute Gasteiger partial charge is 0.228 e. The van der Waals surface area contributed by atoms with Crippen molar-refractivity contribution in [1.29, 1.82) is 0 Å². The Kier molecular flexibility index (Phi) is 5.82. The first-order chi connectivity index (χ1) is 7.26. The van der Waals surface area contributed by atoms with Crippen LogP contribution < -0.4 is 0 Å². The highest BCUT2D eigenvalue weighted by molar-refractivity contribution is 8.21. The summed E-state index contributed by atoms with van der Waals surface area (Å²) in [6.45, 7) is 0.429. The molecule has 0 bridgehead atoms. The average molecular weight is 291 g/mol. The smallest absolute Gasteiger partial charge is 0.184 e. The third-order valence-electron chi connectivity index (χ3n) is 1.53. The summed E-state index contributed by atoms with van der Waals surface area (Å²) >= 11 is 16.8. The van der Waals surface area contributed by atoms with E-state index in [9.17, 15) is 0 Å². The van der Waals surface area contributed by atoms with E-state index in [1.807, 2.05) is 0 Å². The van der Waals surface area contributed by atoms with E-state index in [-0.39, 0.29) is 5.37 Å². The van der Waals surface area contributed by atoms with Gasteiger partial charge >= 0.3 is 0 Å². The number of nitrogens with zero attached hydrogens (tertiary/aromatic N) is 3. The molecule has 0 spiro atoms. The Morgan fingerprint density at radius 1 is 1.27 bits per heavy atom. The first-order valence-corrected chi connectivity index (χ1v) is 6.87. The molecule has 15 heavy (non-hydrogen) atoms. The lowest BCUT2D eigenvalue weighted by Gasteiger charge is -2.17.